The van der Waals surface area contributed by atoms with Gasteiger partial charge < -0.3 is 20.5 Å². The second kappa shape index (κ2) is 9.13. The van der Waals surface area contributed by atoms with Gasteiger partial charge in [0.1, 0.15) is 0 Å². The van der Waals surface area contributed by atoms with Crippen LogP contribution in [0, 0.1) is 0 Å². The molecule has 1 fully saturated rings. The molecule has 0 aromatic carbocycles. The summed E-state index contributed by atoms with van der Waals surface area (Å²) in [5, 5.41) is 3.03. The third-order valence-corrected chi connectivity index (χ3v) is 3.17. The van der Waals surface area contributed by atoms with Crippen LogP contribution >= 0.6 is 0 Å². The van der Waals surface area contributed by atoms with Gasteiger partial charge in [-0.2, -0.15) is 0 Å². The van der Waals surface area contributed by atoms with E-state index in [0.29, 0.717) is 25.2 Å². The number of likely N-dealkylation sites (tertiary alicyclic amines) is 1. The summed E-state index contributed by atoms with van der Waals surface area (Å²) in [5.74, 6) is 0.505. The average molecular weight is 258 g/mol. The Morgan fingerprint density at radius 1 is 1.39 bits per heavy atom. The summed E-state index contributed by atoms with van der Waals surface area (Å²) in [7, 11) is 3.40. The normalized spacial score (nSPS) is 21.4. The van der Waals surface area contributed by atoms with Crippen molar-refractivity contribution in [2.45, 2.75) is 18.9 Å². The van der Waals surface area contributed by atoms with Crippen molar-refractivity contribution in [1.29, 1.82) is 0 Å². The molecule has 3 N–H and O–H groups in total. The highest BCUT2D eigenvalue weighted by molar-refractivity contribution is 5.77. The van der Waals surface area contributed by atoms with Gasteiger partial charge in [0, 0.05) is 33.4 Å². The standard InChI is InChI=1S/C12H26N4O2/c1-17-8-5-14-12(13)15-10-11-4-3-6-16(11)7-9-18-2/h11H,3-10H2,1-2H3,(H3,13,14,15). The van der Waals surface area contributed by atoms with Gasteiger partial charge in [-0.25, -0.2) is 0 Å². The molecule has 0 bridgehead atoms. The van der Waals surface area contributed by atoms with Gasteiger partial charge in [0.15, 0.2) is 5.96 Å². The van der Waals surface area contributed by atoms with E-state index in [2.05, 4.69) is 15.2 Å². The zero-order valence-corrected chi connectivity index (χ0v) is 11.5. The number of methoxy groups -OCH3 is 2. The first-order valence-electron chi connectivity index (χ1n) is 6.53. The molecule has 1 saturated heterocycles. The van der Waals surface area contributed by atoms with Gasteiger partial charge >= 0.3 is 0 Å². The van der Waals surface area contributed by atoms with Gasteiger partial charge in [0.05, 0.1) is 19.8 Å². The Bertz CT molecular complexity index is 248. The maximum atomic E-state index is 5.78. The van der Waals surface area contributed by atoms with Gasteiger partial charge in [0.25, 0.3) is 0 Å². The maximum absolute atomic E-state index is 5.78. The van der Waals surface area contributed by atoms with E-state index in [9.17, 15) is 0 Å². The Morgan fingerprint density at radius 3 is 2.89 bits per heavy atom. The summed E-state index contributed by atoms with van der Waals surface area (Å²) in [6.07, 6.45) is 2.43. The Hall–Kier alpha value is -0.850. The number of hydrogen-bond donors (Lipinski definition) is 2. The van der Waals surface area contributed by atoms with Crippen LogP contribution in [-0.4, -0.2) is 70.5 Å². The molecule has 6 heteroatoms. The molecule has 18 heavy (non-hydrogen) atoms. The molecule has 1 heterocycles. The van der Waals surface area contributed by atoms with Gasteiger partial charge in [-0.05, 0) is 19.4 Å². The van der Waals surface area contributed by atoms with E-state index in [1.807, 2.05) is 0 Å². The van der Waals surface area contributed by atoms with E-state index in [1.54, 1.807) is 14.2 Å². The summed E-state index contributed by atoms with van der Waals surface area (Å²) < 4.78 is 10.1. The largest absolute Gasteiger partial charge is 0.383 e. The molecule has 106 valence electrons. The minimum Gasteiger partial charge on any atom is -0.383 e. The molecule has 1 atom stereocenters. The van der Waals surface area contributed by atoms with Gasteiger partial charge in [-0.3, -0.25) is 9.89 Å². The lowest BCUT2D eigenvalue weighted by Gasteiger charge is -2.22. The first-order chi connectivity index (χ1) is 8.77. The molecule has 6 nitrogen and oxygen atoms in total. The number of guanidine groups is 1. The Labute approximate surface area is 110 Å². The fraction of sp³-hybridized carbons (Fsp3) is 0.917. The van der Waals surface area contributed by atoms with Crippen molar-refractivity contribution >= 4 is 5.96 Å². The molecular weight excluding hydrogens is 232 g/mol. The van der Waals surface area contributed by atoms with Gasteiger partial charge in [-0.15, -0.1) is 0 Å². The Kier molecular flexibility index (Phi) is 7.71. The van der Waals surface area contributed by atoms with Crippen molar-refractivity contribution in [3.63, 3.8) is 0 Å². The lowest BCUT2D eigenvalue weighted by molar-refractivity contribution is 0.143. The lowest BCUT2D eigenvalue weighted by atomic mass is 10.2. The van der Waals surface area contributed by atoms with E-state index in [4.69, 9.17) is 15.2 Å². The van der Waals surface area contributed by atoms with Crippen LogP contribution in [0.2, 0.25) is 0 Å². The van der Waals surface area contributed by atoms with E-state index in [0.717, 1.165) is 26.2 Å². The molecule has 0 aliphatic carbocycles. The first-order valence-corrected chi connectivity index (χ1v) is 6.53. The Balaban J connectivity index is 2.25. The number of ether oxygens (including phenoxy) is 2. The SMILES string of the molecule is COCCNC(N)=NCC1CCCN1CCOC. The quantitative estimate of drug-likeness (QED) is 0.354. The van der Waals surface area contributed by atoms with Crippen LogP contribution in [0.25, 0.3) is 0 Å². The van der Waals surface area contributed by atoms with Crippen LogP contribution in [0.4, 0.5) is 0 Å². The lowest BCUT2D eigenvalue weighted by Crippen LogP contribution is -2.38. The number of nitrogens with two attached hydrogens (primary N) is 1. The molecule has 1 rings (SSSR count). The maximum Gasteiger partial charge on any atom is 0.188 e. The predicted octanol–water partition coefficient (Wildman–Crippen LogP) is -0.352. The van der Waals surface area contributed by atoms with Crippen LogP contribution in [0.5, 0.6) is 0 Å². The highest BCUT2D eigenvalue weighted by atomic mass is 16.5. The number of nitrogens with zero attached hydrogens (tertiary/aromatic N) is 2. The molecule has 1 unspecified atom stereocenters. The summed E-state index contributed by atoms with van der Waals surface area (Å²) in [6, 6.07) is 0.503. The smallest absolute Gasteiger partial charge is 0.188 e. The van der Waals surface area contributed by atoms with Crippen molar-refractivity contribution < 1.29 is 9.47 Å². The van der Waals surface area contributed by atoms with Gasteiger partial charge in [0.2, 0.25) is 0 Å². The molecule has 1 aliphatic heterocycles. The van der Waals surface area contributed by atoms with Crippen LogP contribution < -0.4 is 11.1 Å². The minimum atomic E-state index is 0.503. The monoisotopic (exact) mass is 258 g/mol. The van der Waals surface area contributed by atoms with E-state index < -0.39 is 0 Å². The topological polar surface area (TPSA) is 72.1 Å². The molecule has 0 radical (unpaired) electrons. The van der Waals surface area contributed by atoms with Crippen LogP contribution in [0.3, 0.4) is 0 Å². The third-order valence-electron chi connectivity index (χ3n) is 3.17. The second-order valence-corrected chi connectivity index (χ2v) is 4.47. The number of rotatable bonds is 8. The van der Waals surface area contributed by atoms with Crippen molar-refractivity contribution in [2.75, 3.05) is 53.6 Å². The molecule has 0 aromatic heterocycles. The summed E-state index contributed by atoms with van der Waals surface area (Å²) in [6.45, 7) is 5.00. The number of nitrogens with one attached hydrogen (secondary N) is 1. The van der Waals surface area contributed by atoms with Crippen molar-refractivity contribution in [1.82, 2.24) is 10.2 Å². The highest BCUT2D eigenvalue weighted by Gasteiger charge is 2.23. The molecule has 0 spiro atoms. The molecule has 0 saturated carbocycles. The summed E-state index contributed by atoms with van der Waals surface area (Å²) in [5.41, 5.74) is 5.78. The predicted molar refractivity (Wildman–Crippen MR) is 72.8 cm³/mol. The number of hydrogen-bond acceptors (Lipinski definition) is 4. The van der Waals surface area contributed by atoms with E-state index in [1.165, 1.54) is 12.8 Å². The third kappa shape index (κ3) is 5.66. The minimum absolute atomic E-state index is 0.503. The molecule has 1 aliphatic rings. The fourth-order valence-electron chi connectivity index (χ4n) is 2.15. The summed E-state index contributed by atoms with van der Waals surface area (Å²) in [4.78, 5) is 6.81. The van der Waals surface area contributed by atoms with Crippen molar-refractivity contribution in [3.8, 4) is 0 Å². The molecule has 0 amide bonds. The second-order valence-electron chi connectivity index (χ2n) is 4.47. The Morgan fingerprint density at radius 2 is 2.17 bits per heavy atom. The van der Waals surface area contributed by atoms with E-state index in [-0.39, 0.29) is 0 Å². The average Bonchev–Trinajstić information content (AvgIpc) is 2.81. The van der Waals surface area contributed by atoms with Gasteiger partial charge in [-0.1, -0.05) is 0 Å². The van der Waals surface area contributed by atoms with Crippen LogP contribution in [-0.2, 0) is 9.47 Å². The summed E-state index contributed by atoms with van der Waals surface area (Å²) >= 11 is 0. The highest BCUT2D eigenvalue weighted by Crippen LogP contribution is 2.16. The zero-order chi connectivity index (χ0) is 13.2. The van der Waals surface area contributed by atoms with Crippen molar-refractivity contribution in [3.05, 3.63) is 0 Å². The number of aliphatic imine (C=N–C) groups is 1. The first kappa shape index (κ1) is 15.2. The van der Waals surface area contributed by atoms with E-state index >= 15 is 0 Å². The molecule has 0 aromatic rings. The van der Waals surface area contributed by atoms with Crippen molar-refractivity contribution in [2.24, 2.45) is 10.7 Å². The molecular formula is C12H26N4O2. The zero-order valence-electron chi connectivity index (χ0n) is 11.5. The fourth-order valence-corrected chi connectivity index (χ4v) is 2.15. The van der Waals surface area contributed by atoms with Crippen LogP contribution in [0.1, 0.15) is 12.8 Å². The van der Waals surface area contributed by atoms with Crippen LogP contribution in [0.15, 0.2) is 4.99 Å².